The lowest BCUT2D eigenvalue weighted by atomic mass is 10.2. The number of carboxylic acid groups (broad SMARTS) is 4. The molecule has 0 radical (unpaired) electrons. The number of benzene rings is 1. The van der Waals surface area contributed by atoms with Crippen LogP contribution in [0.15, 0.2) is 97.1 Å². The van der Waals surface area contributed by atoms with Gasteiger partial charge in [-0.25, -0.2) is 39.1 Å². The van der Waals surface area contributed by atoms with E-state index in [1.54, 1.807) is 24.3 Å². The topological polar surface area (TPSA) is 207 Å². The van der Waals surface area contributed by atoms with Crippen LogP contribution in [0, 0.1) is 0 Å². The molecule has 0 bridgehead atoms. The highest BCUT2D eigenvalue weighted by atomic mass is 16.4. The summed E-state index contributed by atoms with van der Waals surface area (Å²) >= 11 is 0. The zero-order chi connectivity index (χ0) is 31.4. The number of carbonyl (C=O) groups is 4. The molecule has 5 aromatic rings. The fourth-order valence-corrected chi connectivity index (χ4v) is 4.20. The summed E-state index contributed by atoms with van der Waals surface area (Å²) in [5.41, 5.74) is -0.427. The molecule has 4 heterocycles. The minimum absolute atomic E-state index is 0.0978. The Kier molecular flexibility index (Phi) is 7.88. The lowest BCUT2D eigenvalue weighted by Crippen LogP contribution is -2.18. The molecular weight excluding hydrogens is 572 g/mol. The van der Waals surface area contributed by atoms with Gasteiger partial charge < -0.3 is 20.4 Å². The van der Waals surface area contributed by atoms with Crippen LogP contribution in [-0.4, -0.2) is 64.2 Å². The van der Waals surface area contributed by atoms with Crippen LogP contribution in [0.2, 0.25) is 0 Å². The van der Waals surface area contributed by atoms with E-state index in [4.69, 9.17) is 0 Å². The molecule has 1 aromatic carbocycles. The minimum atomic E-state index is -1.28. The van der Waals surface area contributed by atoms with Crippen molar-refractivity contribution in [2.45, 2.75) is 0 Å². The average Bonchev–Trinajstić information content (AvgIpc) is 3.02. The van der Waals surface area contributed by atoms with Crippen molar-refractivity contribution in [2.75, 3.05) is 9.80 Å². The number of hydrogen-bond donors (Lipinski definition) is 4. The summed E-state index contributed by atoms with van der Waals surface area (Å²) in [5.74, 6) is -4.75. The molecule has 14 nitrogen and oxygen atoms in total. The smallest absolute Gasteiger partial charge is 0.354 e. The second kappa shape index (κ2) is 12.0. The van der Waals surface area contributed by atoms with E-state index in [-0.39, 0.29) is 46.0 Å². The van der Waals surface area contributed by atoms with Crippen LogP contribution in [0.5, 0.6) is 0 Å². The predicted octanol–water partition coefficient (Wildman–Crippen LogP) is 5.00. The molecule has 0 aliphatic heterocycles. The van der Waals surface area contributed by atoms with Gasteiger partial charge in [0.1, 0.15) is 23.3 Å². The Balaban J connectivity index is 1.73. The Hall–Kier alpha value is -6.70. The highest BCUT2D eigenvalue weighted by Crippen LogP contribution is 2.38. The normalized spacial score (nSPS) is 10.5. The van der Waals surface area contributed by atoms with E-state index in [2.05, 4.69) is 19.9 Å². The second-order valence-electron chi connectivity index (χ2n) is 8.94. The van der Waals surface area contributed by atoms with Gasteiger partial charge >= 0.3 is 23.9 Å². The SMILES string of the molecule is O=C(O)c1cccc(N(c2cccc(N(c3cccc(C(=O)O)n3)c3cccc(C(=O)O)n3)c2)c2cccc(C(=O)O)n2)n1. The first kappa shape index (κ1) is 28.8. The summed E-state index contributed by atoms with van der Waals surface area (Å²) in [6.07, 6.45) is 0. The Morgan fingerprint density at radius 2 is 0.659 bits per heavy atom. The van der Waals surface area contributed by atoms with E-state index in [9.17, 15) is 39.6 Å². The lowest BCUT2D eigenvalue weighted by Gasteiger charge is -2.27. The van der Waals surface area contributed by atoms with E-state index in [0.717, 1.165) is 0 Å². The summed E-state index contributed by atoms with van der Waals surface area (Å²) in [4.78, 5) is 66.6. The third-order valence-electron chi connectivity index (χ3n) is 6.08. The molecule has 14 heteroatoms. The first-order valence-corrected chi connectivity index (χ1v) is 12.6. The molecule has 44 heavy (non-hydrogen) atoms. The zero-order valence-electron chi connectivity index (χ0n) is 22.3. The number of anilines is 6. The Bertz CT molecular complexity index is 1680. The number of aromatic carboxylic acids is 4. The maximum atomic E-state index is 11.7. The highest BCUT2D eigenvalue weighted by molar-refractivity contribution is 5.90. The first-order chi connectivity index (χ1) is 21.1. The molecule has 0 saturated heterocycles. The molecule has 0 unspecified atom stereocenters. The molecule has 5 rings (SSSR count). The van der Waals surface area contributed by atoms with Crippen LogP contribution in [-0.2, 0) is 0 Å². The third kappa shape index (κ3) is 5.99. The lowest BCUT2D eigenvalue weighted by molar-refractivity contribution is 0.0680. The Morgan fingerprint density at radius 1 is 0.409 bits per heavy atom. The van der Waals surface area contributed by atoms with E-state index in [1.165, 1.54) is 82.6 Å². The summed E-state index contributed by atoms with van der Waals surface area (Å²) in [7, 11) is 0. The molecule has 4 aromatic heterocycles. The number of carboxylic acids is 4. The standard InChI is InChI=1S/C30H20N6O8/c37-27(38)19-8-2-12-23(31-19)35(24-13-3-9-20(32-24)28(39)40)17-6-1-7-18(16-17)36(25-14-4-10-21(33-25)29(41)42)26-15-5-11-22(34-26)30(43)44/h1-16H,(H,37,38)(H,39,40)(H,41,42)(H,43,44). The maximum Gasteiger partial charge on any atom is 0.354 e. The molecule has 0 amide bonds. The van der Waals surface area contributed by atoms with Gasteiger partial charge in [-0.3, -0.25) is 9.80 Å². The number of nitrogens with zero attached hydrogens (tertiary/aromatic N) is 6. The van der Waals surface area contributed by atoms with Gasteiger partial charge in [-0.05, 0) is 66.7 Å². The average molecular weight is 593 g/mol. The molecule has 0 aliphatic rings. The molecule has 218 valence electrons. The maximum absolute atomic E-state index is 11.7. The van der Waals surface area contributed by atoms with Gasteiger partial charge in [-0.15, -0.1) is 0 Å². The minimum Gasteiger partial charge on any atom is -0.477 e. The predicted molar refractivity (Wildman–Crippen MR) is 155 cm³/mol. The van der Waals surface area contributed by atoms with Crippen molar-refractivity contribution in [3.63, 3.8) is 0 Å². The van der Waals surface area contributed by atoms with Gasteiger partial charge in [0.15, 0.2) is 22.8 Å². The van der Waals surface area contributed by atoms with Gasteiger partial charge in [0.05, 0.1) is 11.4 Å². The van der Waals surface area contributed by atoms with Gasteiger partial charge in [-0.1, -0.05) is 30.3 Å². The fourth-order valence-electron chi connectivity index (χ4n) is 4.20. The molecule has 0 spiro atoms. The first-order valence-electron chi connectivity index (χ1n) is 12.6. The molecule has 0 aliphatic carbocycles. The summed E-state index contributed by atoms with van der Waals surface area (Å²) in [6, 6.07) is 23.6. The summed E-state index contributed by atoms with van der Waals surface area (Å²) in [5, 5.41) is 38.2. The molecule has 0 fully saturated rings. The van der Waals surface area contributed by atoms with E-state index >= 15 is 0 Å². The fraction of sp³-hybridized carbons (Fsp3) is 0. The van der Waals surface area contributed by atoms with Crippen LogP contribution in [0.1, 0.15) is 42.0 Å². The van der Waals surface area contributed by atoms with Crippen molar-refractivity contribution >= 4 is 58.5 Å². The van der Waals surface area contributed by atoms with Crippen LogP contribution in [0.3, 0.4) is 0 Å². The monoisotopic (exact) mass is 592 g/mol. The van der Waals surface area contributed by atoms with Crippen molar-refractivity contribution < 1.29 is 39.6 Å². The van der Waals surface area contributed by atoms with Crippen molar-refractivity contribution in [1.29, 1.82) is 0 Å². The van der Waals surface area contributed by atoms with E-state index < -0.39 is 23.9 Å². The molecule has 0 saturated carbocycles. The Labute approximate surface area is 247 Å². The highest BCUT2D eigenvalue weighted by Gasteiger charge is 2.23. The van der Waals surface area contributed by atoms with Gasteiger partial charge in [0, 0.05) is 0 Å². The number of rotatable bonds is 10. The van der Waals surface area contributed by atoms with Crippen LogP contribution in [0.4, 0.5) is 34.6 Å². The van der Waals surface area contributed by atoms with Crippen molar-refractivity contribution in [2.24, 2.45) is 0 Å². The van der Waals surface area contributed by atoms with Crippen molar-refractivity contribution in [3.05, 3.63) is 120 Å². The second-order valence-corrected chi connectivity index (χ2v) is 8.94. The number of pyridine rings is 4. The molecule has 4 N–H and O–H groups in total. The van der Waals surface area contributed by atoms with Crippen molar-refractivity contribution in [1.82, 2.24) is 19.9 Å². The molecule has 0 atom stereocenters. The van der Waals surface area contributed by atoms with Crippen LogP contribution >= 0.6 is 0 Å². The van der Waals surface area contributed by atoms with Gasteiger partial charge in [0.2, 0.25) is 0 Å². The van der Waals surface area contributed by atoms with Crippen LogP contribution < -0.4 is 9.80 Å². The van der Waals surface area contributed by atoms with E-state index in [1.807, 2.05) is 0 Å². The third-order valence-corrected chi connectivity index (χ3v) is 6.08. The van der Waals surface area contributed by atoms with Crippen LogP contribution in [0.25, 0.3) is 0 Å². The van der Waals surface area contributed by atoms with Gasteiger partial charge in [-0.2, -0.15) is 0 Å². The Morgan fingerprint density at radius 3 is 0.909 bits per heavy atom. The summed E-state index contributed by atoms with van der Waals surface area (Å²) in [6.45, 7) is 0. The van der Waals surface area contributed by atoms with E-state index in [0.29, 0.717) is 11.4 Å². The molecular formula is C30H20N6O8. The zero-order valence-corrected chi connectivity index (χ0v) is 22.3. The summed E-state index contributed by atoms with van der Waals surface area (Å²) < 4.78 is 0. The number of hydrogen-bond acceptors (Lipinski definition) is 10. The van der Waals surface area contributed by atoms with Gasteiger partial charge in [0.25, 0.3) is 0 Å². The largest absolute Gasteiger partial charge is 0.477 e. The number of aromatic nitrogens is 4. The van der Waals surface area contributed by atoms with Crippen molar-refractivity contribution in [3.8, 4) is 0 Å². The quantitative estimate of drug-likeness (QED) is 0.168.